The molecule has 1 aromatic carbocycles. The number of nitrogens with zero attached hydrogens (tertiary/aromatic N) is 1. The maximum Gasteiger partial charge on any atom is 0.471 e. The molecule has 1 aliphatic rings. The van der Waals surface area contributed by atoms with Gasteiger partial charge >= 0.3 is 12.1 Å². The Morgan fingerprint density at radius 3 is 2.67 bits per heavy atom. The third-order valence-electron chi connectivity index (χ3n) is 3.06. The van der Waals surface area contributed by atoms with Gasteiger partial charge in [-0.3, -0.25) is 4.79 Å². The second kappa shape index (κ2) is 4.71. The van der Waals surface area contributed by atoms with Crippen LogP contribution in [0.1, 0.15) is 18.1 Å². The Kier molecular flexibility index (Phi) is 3.57. The van der Waals surface area contributed by atoms with Crippen LogP contribution in [0.15, 0.2) is 18.2 Å². The zero-order valence-electron chi connectivity index (χ0n) is 9.59. The van der Waals surface area contributed by atoms with E-state index in [-0.39, 0.29) is 6.54 Å². The SMILES string of the molecule is CC1Cc2ccc(I)cc2CN1C(=O)C(F)(F)F. The number of alkyl halides is 3. The van der Waals surface area contributed by atoms with E-state index in [0.29, 0.717) is 6.42 Å². The number of rotatable bonds is 0. The lowest BCUT2D eigenvalue weighted by atomic mass is 9.95. The predicted octanol–water partition coefficient (Wildman–Crippen LogP) is 3.13. The van der Waals surface area contributed by atoms with Crippen LogP contribution < -0.4 is 0 Å². The molecule has 1 heterocycles. The van der Waals surface area contributed by atoms with Gasteiger partial charge in [0.2, 0.25) is 0 Å². The van der Waals surface area contributed by atoms with Gasteiger partial charge in [0.1, 0.15) is 0 Å². The summed E-state index contributed by atoms with van der Waals surface area (Å²) in [5.74, 6) is -1.75. The molecule has 1 aliphatic heterocycles. The molecular weight excluding hydrogens is 358 g/mol. The van der Waals surface area contributed by atoms with Crippen molar-refractivity contribution in [2.24, 2.45) is 0 Å². The molecule has 18 heavy (non-hydrogen) atoms. The molecule has 0 aliphatic carbocycles. The third-order valence-corrected chi connectivity index (χ3v) is 3.73. The first-order chi connectivity index (χ1) is 8.29. The lowest BCUT2D eigenvalue weighted by Gasteiger charge is -2.35. The van der Waals surface area contributed by atoms with E-state index in [1.54, 1.807) is 6.92 Å². The van der Waals surface area contributed by atoms with Gasteiger partial charge < -0.3 is 4.90 Å². The van der Waals surface area contributed by atoms with Gasteiger partial charge in [0, 0.05) is 16.2 Å². The first-order valence-corrected chi connectivity index (χ1v) is 6.52. The van der Waals surface area contributed by atoms with E-state index in [1.807, 2.05) is 18.2 Å². The van der Waals surface area contributed by atoms with Crippen molar-refractivity contribution in [1.82, 2.24) is 4.90 Å². The number of carbonyl (C=O) groups excluding carboxylic acids is 1. The molecule has 0 aromatic heterocycles. The normalized spacial score (nSPS) is 19.6. The van der Waals surface area contributed by atoms with Gasteiger partial charge in [0.15, 0.2) is 0 Å². The van der Waals surface area contributed by atoms with Crippen molar-refractivity contribution >= 4 is 28.5 Å². The van der Waals surface area contributed by atoms with Gasteiger partial charge in [-0.15, -0.1) is 0 Å². The minimum atomic E-state index is -4.80. The largest absolute Gasteiger partial charge is 0.471 e. The molecule has 0 spiro atoms. The van der Waals surface area contributed by atoms with Crippen LogP contribution in [0, 0.1) is 3.57 Å². The number of benzene rings is 1. The summed E-state index contributed by atoms with van der Waals surface area (Å²) in [6.45, 7) is 1.68. The van der Waals surface area contributed by atoms with Crippen LogP contribution in [0.25, 0.3) is 0 Å². The van der Waals surface area contributed by atoms with Gasteiger partial charge in [-0.1, -0.05) is 6.07 Å². The summed E-state index contributed by atoms with van der Waals surface area (Å²) in [7, 11) is 0. The predicted molar refractivity (Wildman–Crippen MR) is 68.9 cm³/mol. The van der Waals surface area contributed by atoms with Crippen molar-refractivity contribution in [3.05, 3.63) is 32.9 Å². The Bertz CT molecular complexity index is 487. The fourth-order valence-corrected chi connectivity index (χ4v) is 2.70. The van der Waals surface area contributed by atoms with Crippen LogP contribution in [0.2, 0.25) is 0 Å². The van der Waals surface area contributed by atoms with Gasteiger partial charge in [0.25, 0.3) is 0 Å². The number of hydrogen-bond donors (Lipinski definition) is 0. The Labute approximate surface area is 116 Å². The molecule has 0 radical (unpaired) electrons. The molecule has 0 bridgehead atoms. The molecule has 1 aromatic rings. The zero-order valence-corrected chi connectivity index (χ0v) is 11.7. The molecule has 1 amide bonds. The van der Waals surface area contributed by atoms with E-state index >= 15 is 0 Å². The Hall–Kier alpha value is -0.790. The molecule has 2 nitrogen and oxygen atoms in total. The number of fused-ring (bicyclic) bond motifs is 1. The summed E-state index contributed by atoms with van der Waals surface area (Å²) >= 11 is 2.11. The summed E-state index contributed by atoms with van der Waals surface area (Å²) in [6, 6.07) is 5.25. The molecule has 0 saturated carbocycles. The van der Waals surface area contributed by atoms with Crippen molar-refractivity contribution in [1.29, 1.82) is 0 Å². The van der Waals surface area contributed by atoms with E-state index in [9.17, 15) is 18.0 Å². The summed E-state index contributed by atoms with van der Waals surface area (Å²) < 4.78 is 38.4. The monoisotopic (exact) mass is 369 g/mol. The molecule has 2 rings (SSSR count). The first-order valence-electron chi connectivity index (χ1n) is 5.44. The summed E-state index contributed by atoms with van der Waals surface area (Å²) in [6.07, 6.45) is -4.33. The summed E-state index contributed by atoms with van der Waals surface area (Å²) in [4.78, 5) is 12.2. The minimum absolute atomic E-state index is 0.0334. The first kappa shape index (κ1) is 13.6. The molecule has 6 heteroatoms. The van der Waals surface area contributed by atoms with E-state index in [4.69, 9.17) is 0 Å². The second-order valence-electron chi connectivity index (χ2n) is 4.40. The second-order valence-corrected chi connectivity index (χ2v) is 5.64. The van der Waals surface area contributed by atoms with E-state index in [2.05, 4.69) is 22.6 Å². The quantitative estimate of drug-likeness (QED) is 0.644. The van der Waals surface area contributed by atoms with Crippen LogP contribution in [-0.2, 0) is 17.8 Å². The molecule has 1 atom stereocenters. The van der Waals surface area contributed by atoms with Crippen molar-refractivity contribution in [3.63, 3.8) is 0 Å². The highest BCUT2D eigenvalue weighted by Crippen LogP contribution is 2.28. The van der Waals surface area contributed by atoms with E-state index in [0.717, 1.165) is 19.6 Å². The Morgan fingerprint density at radius 1 is 1.39 bits per heavy atom. The summed E-state index contributed by atoms with van der Waals surface area (Å²) in [5, 5.41) is 0. The smallest absolute Gasteiger partial charge is 0.328 e. The van der Waals surface area contributed by atoms with Crippen molar-refractivity contribution in [2.45, 2.75) is 32.1 Å². The van der Waals surface area contributed by atoms with Crippen molar-refractivity contribution in [2.75, 3.05) is 0 Å². The topological polar surface area (TPSA) is 20.3 Å². The zero-order chi connectivity index (χ0) is 13.5. The fourth-order valence-electron chi connectivity index (χ4n) is 2.14. The molecule has 1 unspecified atom stereocenters. The van der Waals surface area contributed by atoms with Crippen LogP contribution in [0.3, 0.4) is 0 Å². The van der Waals surface area contributed by atoms with Crippen molar-refractivity contribution in [3.8, 4) is 0 Å². The third kappa shape index (κ3) is 2.62. The maximum atomic E-state index is 12.5. The van der Waals surface area contributed by atoms with Gasteiger partial charge in [0.05, 0.1) is 0 Å². The molecule has 0 saturated heterocycles. The van der Waals surface area contributed by atoms with E-state index in [1.165, 1.54) is 0 Å². The highest BCUT2D eigenvalue weighted by Gasteiger charge is 2.44. The maximum absolute atomic E-state index is 12.5. The van der Waals surface area contributed by atoms with Crippen LogP contribution in [0.4, 0.5) is 13.2 Å². The van der Waals surface area contributed by atoms with Gasteiger partial charge in [-0.25, -0.2) is 0 Å². The van der Waals surface area contributed by atoms with Crippen LogP contribution in [0.5, 0.6) is 0 Å². The molecule has 0 N–H and O–H groups in total. The van der Waals surface area contributed by atoms with Gasteiger partial charge in [-0.05, 0) is 59.2 Å². The standard InChI is InChI=1S/C12H11F3INO/c1-7-4-8-2-3-10(16)5-9(8)6-17(7)11(18)12(13,14)15/h2-3,5,7H,4,6H2,1H3. The van der Waals surface area contributed by atoms with Crippen molar-refractivity contribution < 1.29 is 18.0 Å². The minimum Gasteiger partial charge on any atom is -0.328 e. The van der Waals surface area contributed by atoms with E-state index < -0.39 is 18.1 Å². The average Bonchev–Trinajstić information content (AvgIpc) is 2.26. The number of amides is 1. The van der Waals surface area contributed by atoms with Crippen LogP contribution in [-0.4, -0.2) is 23.0 Å². The summed E-state index contributed by atoms with van der Waals surface area (Å²) in [5.41, 5.74) is 1.83. The lowest BCUT2D eigenvalue weighted by Crippen LogP contribution is -2.48. The number of hydrogen-bond acceptors (Lipinski definition) is 1. The molecular formula is C12H11F3INO. The Balaban J connectivity index is 2.30. The highest BCUT2D eigenvalue weighted by atomic mass is 127. The molecule has 98 valence electrons. The highest BCUT2D eigenvalue weighted by molar-refractivity contribution is 14.1. The fraction of sp³-hybridized carbons (Fsp3) is 0.417. The van der Waals surface area contributed by atoms with Crippen LogP contribution >= 0.6 is 22.6 Å². The number of halogens is 4. The Morgan fingerprint density at radius 2 is 2.06 bits per heavy atom. The lowest BCUT2D eigenvalue weighted by molar-refractivity contribution is -0.188. The average molecular weight is 369 g/mol. The number of carbonyl (C=O) groups is 1. The van der Waals surface area contributed by atoms with Gasteiger partial charge in [-0.2, -0.15) is 13.2 Å². The molecule has 0 fully saturated rings.